The van der Waals surface area contributed by atoms with Gasteiger partial charge in [-0.15, -0.1) is 0 Å². The average molecular weight is 381 g/mol. The molecule has 1 N–H and O–H groups in total. The quantitative estimate of drug-likeness (QED) is 0.830. The number of benzene rings is 1. The predicted octanol–water partition coefficient (Wildman–Crippen LogP) is 3.06. The van der Waals surface area contributed by atoms with E-state index >= 15 is 0 Å². The maximum absolute atomic E-state index is 11.8. The van der Waals surface area contributed by atoms with Crippen LogP contribution in [0.25, 0.3) is 11.3 Å². The van der Waals surface area contributed by atoms with Gasteiger partial charge in [0.25, 0.3) is 0 Å². The third-order valence-corrected chi connectivity index (χ3v) is 6.32. The fraction of sp³-hybridized carbons (Fsp3) is 0.524. The Hall–Kier alpha value is -2.12. The molecule has 0 radical (unpaired) electrons. The topological polar surface area (TPSA) is 67.5 Å². The van der Waals surface area contributed by atoms with Gasteiger partial charge in [0.2, 0.25) is 5.91 Å². The molecule has 1 aromatic carbocycles. The van der Waals surface area contributed by atoms with Crippen molar-refractivity contribution >= 4 is 18.5 Å². The molecule has 0 saturated carbocycles. The van der Waals surface area contributed by atoms with Crippen molar-refractivity contribution in [3.05, 3.63) is 36.3 Å². The van der Waals surface area contributed by atoms with Crippen LogP contribution in [0.1, 0.15) is 59.3 Å². The van der Waals surface area contributed by atoms with Gasteiger partial charge in [0.05, 0.1) is 29.1 Å². The Bertz CT molecular complexity index is 859. The first kappa shape index (κ1) is 19.2. The Morgan fingerprint density at radius 2 is 1.82 bits per heavy atom. The molecule has 1 atom stereocenters. The number of nitrogens with one attached hydrogen (secondary N) is 1. The Morgan fingerprint density at radius 1 is 1.18 bits per heavy atom. The van der Waals surface area contributed by atoms with E-state index in [0.717, 1.165) is 41.9 Å². The smallest absolute Gasteiger partial charge is 0.399 e. The molecule has 7 heteroatoms. The van der Waals surface area contributed by atoms with Crippen molar-refractivity contribution in [1.82, 2.24) is 14.9 Å². The van der Waals surface area contributed by atoms with E-state index in [2.05, 4.69) is 49.8 Å². The fourth-order valence-corrected chi connectivity index (χ4v) is 3.88. The maximum Gasteiger partial charge on any atom is 0.494 e. The Kier molecular flexibility index (Phi) is 4.63. The van der Waals surface area contributed by atoms with E-state index < -0.39 is 0 Å². The Morgan fingerprint density at radius 3 is 2.43 bits per heavy atom. The molecule has 2 fully saturated rings. The number of aromatic nitrogens is 2. The molecule has 1 unspecified atom stereocenters. The number of hydrogen-bond acceptors (Lipinski definition) is 4. The molecule has 2 aliphatic heterocycles. The zero-order valence-electron chi connectivity index (χ0n) is 17.3. The second-order valence-corrected chi connectivity index (χ2v) is 8.76. The van der Waals surface area contributed by atoms with Gasteiger partial charge in [-0.3, -0.25) is 4.79 Å². The molecular weight excluding hydrogens is 353 g/mol. The molecule has 1 amide bonds. The zero-order valence-corrected chi connectivity index (χ0v) is 17.3. The lowest BCUT2D eigenvalue weighted by Crippen LogP contribution is -2.41. The molecule has 148 valence electrons. The van der Waals surface area contributed by atoms with Crippen LogP contribution in [0.5, 0.6) is 0 Å². The fourth-order valence-electron chi connectivity index (χ4n) is 3.88. The van der Waals surface area contributed by atoms with Crippen LogP contribution in [0, 0.1) is 0 Å². The molecule has 3 heterocycles. The Balaban J connectivity index is 1.51. The van der Waals surface area contributed by atoms with Crippen molar-refractivity contribution in [1.29, 1.82) is 0 Å². The summed E-state index contributed by atoms with van der Waals surface area (Å²) in [5.41, 5.74) is 2.30. The van der Waals surface area contributed by atoms with E-state index in [1.807, 2.05) is 23.2 Å². The van der Waals surface area contributed by atoms with Gasteiger partial charge >= 0.3 is 7.12 Å². The van der Waals surface area contributed by atoms with Gasteiger partial charge in [-0.1, -0.05) is 24.3 Å². The third-order valence-electron chi connectivity index (χ3n) is 6.32. The minimum atomic E-state index is -0.362. The van der Waals surface area contributed by atoms with E-state index in [-0.39, 0.29) is 30.3 Å². The van der Waals surface area contributed by atoms with Crippen molar-refractivity contribution in [3.63, 3.8) is 0 Å². The molecule has 2 aromatic rings. The monoisotopic (exact) mass is 381 g/mol. The first-order valence-electron chi connectivity index (χ1n) is 9.96. The summed E-state index contributed by atoms with van der Waals surface area (Å²) in [5.74, 6) is 0.963. The van der Waals surface area contributed by atoms with E-state index in [4.69, 9.17) is 9.31 Å². The van der Waals surface area contributed by atoms with Crippen LogP contribution in [-0.2, 0) is 14.1 Å². The van der Waals surface area contributed by atoms with Crippen molar-refractivity contribution in [2.45, 2.75) is 64.7 Å². The first-order chi connectivity index (χ1) is 13.2. The molecule has 28 heavy (non-hydrogen) atoms. The van der Waals surface area contributed by atoms with Crippen molar-refractivity contribution in [2.75, 3.05) is 6.54 Å². The molecule has 0 aliphatic carbocycles. The molecule has 2 saturated heterocycles. The van der Waals surface area contributed by atoms with Crippen LogP contribution in [0.4, 0.5) is 0 Å². The second kappa shape index (κ2) is 6.74. The highest BCUT2D eigenvalue weighted by Gasteiger charge is 2.51. The predicted molar refractivity (Wildman–Crippen MR) is 109 cm³/mol. The molecule has 0 bridgehead atoms. The van der Waals surface area contributed by atoms with Gasteiger partial charge in [-0.25, -0.2) is 4.98 Å². The minimum absolute atomic E-state index is 0.0512. The summed E-state index contributed by atoms with van der Waals surface area (Å²) < 4.78 is 12.2. The lowest BCUT2D eigenvalue weighted by molar-refractivity contribution is -0.129. The van der Waals surface area contributed by atoms with Gasteiger partial charge in [-0.05, 0) is 51.6 Å². The molecular formula is C21H28BN3O3. The summed E-state index contributed by atoms with van der Waals surface area (Å²) in [6.45, 7) is 10.7. The summed E-state index contributed by atoms with van der Waals surface area (Å²) in [4.78, 5) is 21.7. The lowest BCUT2D eigenvalue weighted by Gasteiger charge is -2.32. The standard InChI is InChI=1S/C21H28BN3O3/c1-14(26)25-12-6-7-18(25)19-23-13-17(24-19)15-8-10-16(11-9-15)22-27-20(2,3)21(4,5)28-22/h8-11,13,18H,6-7,12H2,1-5H3,(H,23,24). The summed E-state index contributed by atoms with van der Waals surface area (Å²) in [6.07, 6.45) is 3.81. The number of rotatable bonds is 3. The first-order valence-corrected chi connectivity index (χ1v) is 9.96. The average Bonchev–Trinajstić information content (AvgIpc) is 3.33. The molecule has 6 nitrogen and oxygen atoms in total. The largest absolute Gasteiger partial charge is 0.494 e. The summed E-state index contributed by atoms with van der Waals surface area (Å²) >= 11 is 0. The van der Waals surface area contributed by atoms with Crippen LogP contribution in [0.15, 0.2) is 30.5 Å². The third kappa shape index (κ3) is 3.27. The van der Waals surface area contributed by atoms with E-state index in [1.54, 1.807) is 6.92 Å². The van der Waals surface area contributed by atoms with Crippen molar-refractivity contribution in [3.8, 4) is 11.3 Å². The van der Waals surface area contributed by atoms with Gasteiger partial charge in [-0.2, -0.15) is 0 Å². The number of carbonyl (C=O) groups excluding carboxylic acids is 1. The molecule has 0 spiro atoms. The number of nitrogens with zero attached hydrogens (tertiary/aromatic N) is 2. The second-order valence-electron chi connectivity index (χ2n) is 8.76. The number of amides is 1. The van der Waals surface area contributed by atoms with Crippen molar-refractivity contribution < 1.29 is 14.1 Å². The number of H-pyrrole nitrogens is 1. The lowest BCUT2D eigenvalue weighted by atomic mass is 9.79. The van der Waals surface area contributed by atoms with Crippen LogP contribution >= 0.6 is 0 Å². The number of hydrogen-bond donors (Lipinski definition) is 1. The number of aromatic amines is 1. The highest BCUT2D eigenvalue weighted by Crippen LogP contribution is 2.36. The summed E-state index contributed by atoms with van der Waals surface area (Å²) in [5, 5.41) is 0. The SMILES string of the molecule is CC(=O)N1CCCC1c1ncc(-c2ccc(B3OC(C)(C)C(C)(C)O3)cc2)[nH]1. The number of likely N-dealkylation sites (tertiary alicyclic amines) is 1. The maximum atomic E-state index is 11.8. The van der Waals surface area contributed by atoms with E-state index in [0.29, 0.717) is 0 Å². The summed E-state index contributed by atoms with van der Waals surface area (Å²) in [7, 11) is -0.362. The van der Waals surface area contributed by atoms with Crippen LogP contribution in [0.2, 0.25) is 0 Å². The van der Waals surface area contributed by atoms with Crippen molar-refractivity contribution in [2.24, 2.45) is 0 Å². The Labute approximate surface area is 166 Å². The highest BCUT2D eigenvalue weighted by molar-refractivity contribution is 6.62. The molecule has 4 rings (SSSR count). The molecule has 2 aliphatic rings. The van der Waals surface area contributed by atoms with Crippen LogP contribution in [-0.4, -0.2) is 45.6 Å². The van der Waals surface area contributed by atoms with Gasteiger partial charge < -0.3 is 19.2 Å². The normalized spacial score (nSPS) is 23.4. The molecule has 1 aromatic heterocycles. The highest BCUT2D eigenvalue weighted by atomic mass is 16.7. The van der Waals surface area contributed by atoms with Gasteiger partial charge in [0, 0.05) is 13.5 Å². The van der Waals surface area contributed by atoms with Gasteiger partial charge in [0.1, 0.15) is 5.82 Å². The van der Waals surface area contributed by atoms with Gasteiger partial charge in [0.15, 0.2) is 0 Å². The van der Waals surface area contributed by atoms with Crippen LogP contribution < -0.4 is 5.46 Å². The van der Waals surface area contributed by atoms with Crippen LogP contribution in [0.3, 0.4) is 0 Å². The van der Waals surface area contributed by atoms with E-state index in [1.165, 1.54) is 0 Å². The van der Waals surface area contributed by atoms with E-state index in [9.17, 15) is 4.79 Å². The number of carbonyl (C=O) groups is 1. The summed E-state index contributed by atoms with van der Waals surface area (Å²) in [6, 6.07) is 8.23. The zero-order chi connectivity index (χ0) is 20.1. The number of imidazole rings is 1. The minimum Gasteiger partial charge on any atom is -0.399 e.